The second-order valence-electron chi connectivity index (χ2n) is 2.86. The van der Waals surface area contributed by atoms with Crippen LogP contribution < -0.4 is 8.70 Å². The Morgan fingerprint density at radius 3 is 1.29 bits per heavy atom. The zero-order chi connectivity index (χ0) is 8.93. The number of hydrogen-bond donors (Lipinski definition) is 0. The minimum atomic E-state index is -0.108. The van der Waals surface area contributed by atoms with Gasteiger partial charge < -0.3 is 5.48 Å². The summed E-state index contributed by atoms with van der Waals surface area (Å²) in [6, 6.07) is 21.5. The van der Waals surface area contributed by atoms with E-state index >= 15 is 0 Å². The van der Waals surface area contributed by atoms with Gasteiger partial charge in [0.2, 0.25) is 0 Å². The molecule has 1 nitrogen and oxygen atoms in total. The second-order valence-corrected chi connectivity index (χ2v) is 5.80. The van der Waals surface area contributed by atoms with Crippen LogP contribution in [-0.2, 0) is 0 Å². The molecule has 2 aromatic carbocycles. The van der Waals surface area contributed by atoms with Crippen LogP contribution in [0.3, 0.4) is 0 Å². The molecular formula is C12H13AsO. The Hall–Kier alpha value is -1.04. The molecule has 0 heterocycles. The Morgan fingerprint density at radius 2 is 0.929 bits per heavy atom. The van der Waals surface area contributed by atoms with Crippen LogP contribution in [0.4, 0.5) is 0 Å². The van der Waals surface area contributed by atoms with E-state index in [4.69, 9.17) is 0 Å². The first-order valence-electron chi connectivity index (χ1n) is 4.32. The van der Waals surface area contributed by atoms with Gasteiger partial charge in [-0.1, -0.05) is 0 Å². The van der Waals surface area contributed by atoms with Crippen molar-refractivity contribution in [3.05, 3.63) is 60.7 Å². The molecule has 2 aromatic rings. The van der Waals surface area contributed by atoms with Crippen LogP contribution in [0.25, 0.3) is 0 Å². The third kappa shape index (κ3) is 3.02. The molecule has 0 saturated heterocycles. The van der Waals surface area contributed by atoms with Crippen molar-refractivity contribution >= 4 is 24.5 Å². The van der Waals surface area contributed by atoms with Gasteiger partial charge in [0.1, 0.15) is 0 Å². The van der Waals surface area contributed by atoms with Gasteiger partial charge in [-0.25, -0.2) is 0 Å². The summed E-state index contributed by atoms with van der Waals surface area (Å²) >= 11 is -0.108. The van der Waals surface area contributed by atoms with Crippen molar-refractivity contribution in [1.82, 2.24) is 0 Å². The summed E-state index contributed by atoms with van der Waals surface area (Å²) in [4.78, 5) is 0. The third-order valence-electron chi connectivity index (χ3n) is 1.84. The van der Waals surface area contributed by atoms with E-state index < -0.39 is 0 Å². The van der Waals surface area contributed by atoms with Gasteiger partial charge in [0.05, 0.1) is 0 Å². The second kappa shape index (κ2) is 5.64. The fourth-order valence-electron chi connectivity index (χ4n) is 1.21. The molecule has 0 radical (unpaired) electrons. The van der Waals surface area contributed by atoms with Gasteiger partial charge in [0.15, 0.2) is 0 Å². The van der Waals surface area contributed by atoms with E-state index in [1.807, 2.05) is 0 Å². The molecule has 0 aromatic heterocycles. The fourth-order valence-corrected chi connectivity index (χ4v) is 3.42. The van der Waals surface area contributed by atoms with E-state index in [2.05, 4.69) is 60.7 Å². The molecule has 0 atom stereocenters. The van der Waals surface area contributed by atoms with E-state index in [1.54, 1.807) is 0 Å². The minimum absolute atomic E-state index is 0. The Bertz CT molecular complexity index is 321. The van der Waals surface area contributed by atoms with Crippen molar-refractivity contribution in [1.29, 1.82) is 0 Å². The predicted molar refractivity (Wildman–Crippen MR) is 62.9 cm³/mol. The van der Waals surface area contributed by atoms with E-state index in [9.17, 15) is 0 Å². The number of rotatable bonds is 2. The fraction of sp³-hybridized carbons (Fsp3) is 0. The van der Waals surface area contributed by atoms with Gasteiger partial charge in [0.25, 0.3) is 0 Å². The Kier molecular flexibility index (Phi) is 4.44. The van der Waals surface area contributed by atoms with Gasteiger partial charge >= 0.3 is 85.1 Å². The van der Waals surface area contributed by atoms with E-state index in [1.165, 1.54) is 8.70 Å². The van der Waals surface area contributed by atoms with Crippen molar-refractivity contribution < 1.29 is 5.48 Å². The maximum atomic E-state index is 2.22. The summed E-state index contributed by atoms with van der Waals surface area (Å²) in [5, 5.41) is 0. The predicted octanol–water partition coefficient (Wildman–Crippen LogP) is 0.249. The zero-order valence-electron chi connectivity index (χ0n) is 7.77. The SMILES string of the molecule is O.c1ccc([AsH]c2ccccc2)cc1. The van der Waals surface area contributed by atoms with Crippen LogP contribution >= 0.6 is 0 Å². The van der Waals surface area contributed by atoms with Crippen LogP contribution in [0.2, 0.25) is 0 Å². The third-order valence-corrected chi connectivity index (χ3v) is 4.45. The molecule has 0 unspecified atom stereocenters. The summed E-state index contributed by atoms with van der Waals surface area (Å²) in [6.07, 6.45) is 0. The normalized spacial score (nSPS) is 9.14. The average molecular weight is 248 g/mol. The maximum absolute atomic E-state index is 2.22. The monoisotopic (exact) mass is 248 g/mol. The first kappa shape index (κ1) is 11.0. The Morgan fingerprint density at radius 1 is 0.571 bits per heavy atom. The summed E-state index contributed by atoms with van der Waals surface area (Å²) in [5.74, 6) is 0. The van der Waals surface area contributed by atoms with Crippen molar-refractivity contribution in [2.24, 2.45) is 0 Å². The summed E-state index contributed by atoms with van der Waals surface area (Å²) in [6.45, 7) is 0. The van der Waals surface area contributed by atoms with Crippen LogP contribution in [0.15, 0.2) is 60.7 Å². The molecule has 0 spiro atoms. The zero-order valence-corrected chi connectivity index (χ0v) is 9.87. The van der Waals surface area contributed by atoms with Crippen LogP contribution in [0.1, 0.15) is 0 Å². The Labute approximate surface area is 90.8 Å². The summed E-state index contributed by atoms with van der Waals surface area (Å²) in [5.41, 5.74) is 0. The van der Waals surface area contributed by atoms with Gasteiger partial charge in [0, 0.05) is 0 Å². The number of hydrogen-bond acceptors (Lipinski definition) is 0. The molecule has 0 saturated carbocycles. The molecular weight excluding hydrogens is 235 g/mol. The molecule has 0 aliphatic carbocycles. The van der Waals surface area contributed by atoms with Crippen LogP contribution in [0, 0.1) is 0 Å². The molecule has 2 heteroatoms. The molecule has 2 rings (SSSR count). The van der Waals surface area contributed by atoms with Gasteiger partial charge in [-0.3, -0.25) is 0 Å². The summed E-state index contributed by atoms with van der Waals surface area (Å²) < 4.78 is 2.99. The number of benzene rings is 2. The summed E-state index contributed by atoms with van der Waals surface area (Å²) in [7, 11) is 0. The van der Waals surface area contributed by atoms with Crippen molar-refractivity contribution in [3.63, 3.8) is 0 Å². The van der Waals surface area contributed by atoms with E-state index in [0.717, 1.165) is 0 Å². The molecule has 72 valence electrons. The van der Waals surface area contributed by atoms with E-state index in [-0.39, 0.29) is 21.2 Å². The molecule has 0 aliphatic heterocycles. The Balaban J connectivity index is 0.000000980. The molecule has 0 aliphatic rings. The molecule has 0 amide bonds. The van der Waals surface area contributed by atoms with Crippen LogP contribution in [0.5, 0.6) is 0 Å². The molecule has 0 fully saturated rings. The molecule has 0 bridgehead atoms. The van der Waals surface area contributed by atoms with Crippen molar-refractivity contribution in [2.45, 2.75) is 0 Å². The molecule has 2 N–H and O–H groups in total. The van der Waals surface area contributed by atoms with Crippen molar-refractivity contribution in [3.8, 4) is 0 Å². The molecule has 14 heavy (non-hydrogen) atoms. The van der Waals surface area contributed by atoms with Crippen LogP contribution in [-0.4, -0.2) is 21.2 Å². The standard InChI is InChI=1S/C12H11As.H2O/c1-3-7-11(8-4-1)13-12-9-5-2-6-10-12;/h1-10,13H;1H2. The topological polar surface area (TPSA) is 31.5 Å². The van der Waals surface area contributed by atoms with Gasteiger partial charge in [-0.05, 0) is 0 Å². The van der Waals surface area contributed by atoms with Gasteiger partial charge in [-0.15, -0.1) is 0 Å². The van der Waals surface area contributed by atoms with Gasteiger partial charge in [-0.2, -0.15) is 0 Å². The first-order valence-corrected chi connectivity index (χ1v) is 6.42. The quantitative estimate of drug-likeness (QED) is 0.682. The average Bonchev–Trinajstić information content (AvgIpc) is 2.21. The first-order chi connectivity index (χ1) is 6.45. The van der Waals surface area contributed by atoms with Crippen molar-refractivity contribution in [2.75, 3.05) is 0 Å². The van der Waals surface area contributed by atoms with E-state index in [0.29, 0.717) is 0 Å².